The van der Waals surface area contributed by atoms with E-state index in [4.69, 9.17) is 0 Å². The third kappa shape index (κ3) is 4.81. The SMILES string of the molecule is CCCN(CCC)C(=O)c1cccc(C(=O)NC2CCCC2)c1. The summed E-state index contributed by atoms with van der Waals surface area (Å²) in [7, 11) is 0. The van der Waals surface area contributed by atoms with Gasteiger partial charge in [0.15, 0.2) is 0 Å². The molecule has 0 aromatic heterocycles. The second-order valence-electron chi connectivity index (χ2n) is 6.33. The van der Waals surface area contributed by atoms with Crippen LogP contribution >= 0.6 is 0 Å². The number of carbonyl (C=O) groups excluding carboxylic acids is 2. The van der Waals surface area contributed by atoms with Gasteiger partial charge in [0.25, 0.3) is 11.8 Å². The summed E-state index contributed by atoms with van der Waals surface area (Å²) in [5.41, 5.74) is 1.18. The van der Waals surface area contributed by atoms with E-state index in [1.165, 1.54) is 12.8 Å². The van der Waals surface area contributed by atoms with E-state index in [-0.39, 0.29) is 11.8 Å². The van der Waals surface area contributed by atoms with Gasteiger partial charge in [-0.05, 0) is 43.9 Å². The maximum atomic E-state index is 12.6. The van der Waals surface area contributed by atoms with E-state index in [1.54, 1.807) is 24.3 Å². The van der Waals surface area contributed by atoms with Gasteiger partial charge < -0.3 is 10.2 Å². The average molecular weight is 316 g/mol. The maximum Gasteiger partial charge on any atom is 0.253 e. The van der Waals surface area contributed by atoms with Gasteiger partial charge in [0.05, 0.1) is 0 Å². The minimum Gasteiger partial charge on any atom is -0.349 e. The average Bonchev–Trinajstić information content (AvgIpc) is 3.07. The lowest BCUT2D eigenvalue weighted by atomic mass is 10.1. The van der Waals surface area contributed by atoms with Crippen molar-refractivity contribution in [2.24, 2.45) is 0 Å². The van der Waals surface area contributed by atoms with Crippen LogP contribution in [0.1, 0.15) is 73.1 Å². The molecule has 2 amide bonds. The van der Waals surface area contributed by atoms with Gasteiger partial charge in [0, 0.05) is 30.3 Å². The Morgan fingerprint density at radius 2 is 1.70 bits per heavy atom. The summed E-state index contributed by atoms with van der Waals surface area (Å²) in [6.45, 7) is 5.65. The highest BCUT2D eigenvalue weighted by Crippen LogP contribution is 2.18. The van der Waals surface area contributed by atoms with E-state index >= 15 is 0 Å². The zero-order valence-electron chi connectivity index (χ0n) is 14.3. The van der Waals surface area contributed by atoms with Crippen molar-refractivity contribution in [3.63, 3.8) is 0 Å². The van der Waals surface area contributed by atoms with Crippen molar-refractivity contribution in [1.29, 1.82) is 0 Å². The third-order valence-electron chi connectivity index (χ3n) is 4.34. The first-order valence-electron chi connectivity index (χ1n) is 8.86. The number of nitrogens with zero attached hydrogens (tertiary/aromatic N) is 1. The smallest absolute Gasteiger partial charge is 0.253 e. The van der Waals surface area contributed by atoms with Crippen LogP contribution in [0.4, 0.5) is 0 Å². The van der Waals surface area contributed by atoms with Gasteiger partial charge in [0.1, 0.15) is 0 Å². The highest BCUT2D eigenvalue weighted by molar-refractivity contribution is 5.99. The molecule has 0 radical (unpaired) electrons. The van der Waals surface area contributed by atoms with Crippen molar-refractivity contribution in [2.75, 3.05) is 13.1 Å². The minimum absolute atomic E-state index is 0.0178. The fraction of sp³-hybridized carbons (Fsp3) is 0.579. The van der Waals surface area contributed by atoms with Crippen molar-refractivity contribution in [2.45, 2.75) is 58.4 Å². The number of hydrogen-bond acceptors (Lipinski definition) is 2. The Morgan fingerprint density at radius 3 is 2.30 bits per heavy atom. The predicted octanol–water partition coefficient (Wildman–Crippen LogP) is 3.62. The molecular weight excluding hydrogens is 288 g/mol. The van der Waals surface area contributed by atoms with Crippen molar-refractivity contribution < 1.29 is 9.59 Å². The van der Waals surface area contributed by atoms with Crippen molar-refractivity contribution in [1.82, 2.24) is 10.2 Å². The van der Waals surface area contributed by atoms with E-state index < -0.39 is 0 Å². The van der Waals surface area contributed by atoms with Gasteiger partial charge in [0.2, 0.25) is 0 Å². The molecule has 1 fully saturated rings. The Kier molecular flexibility index (Phi) is 6.63. The molecule has 0 saturated heterocycles. The van der Waals surface area contributed by atoms with Crippen LogP contribution in [0.3, 0.4) is 0 Å². The van der Waals surface area contributed by atoms with Gasteiger partial charge in [-0.15, -0.1) is 0 Å². The first kappa shape index (κ1) is 17.5. The fourth-order valence-electron chi connectivity index (χ4n) is 3.17. The van der Waals surface area contributed by atoms with Gasteiger partial charge in [-0.2, -0.15) is 0 Å². The molecule has 4 heteroatoms. The standard InChI is InChI=1S/C19H28N2O2/c1-3-12-21(13-4-2)19(23)16-9-7-8-15(14-16)18(22)20-17-10-5-6-11-17/h7-9,14,17H,3-6,10-13H2,1-2H3,(H,20,22). The largest absolute Gasteiger partial charge is 0.349 e. The highest BCUT2D eigenvalue weighted by atomic mass is 16.2. The van der Waals surface area contributed by atoms with Crippen LogP contribution < -0.4 is 5.32 Å². The normalized spacial score (nSPS) is 14.7. The summed E-state index contributed by atoms with van der Waals surface area (Å²) in [6.07, 6.45) is 6.37. The molecule has 1 aliphatic carbocycles. The molecule has 2 rings (SSSR count). The van der Waals surface area contributed by atoms with Crippen molar-refractivity contribution >= 4 is 11.8 Å². The van der Waals surface area contributed by atoms with Crippen molar-refractivity contribution in [3.05, 3.63) is 35.4 Å². The van der Waals surface area contributed by atoms with Crippen LogP contribution in [0.25, 0.3) is 0 Å². The number of hydrogen-bond donors (Lipinski definition) is 1. The Labute approximate surface area is 139 Å². The van der Waals surface area contributed by atoms with E-state index in [1.807, 2.05) is 4.90 Å². The molecule has 0 unspecified atom stereocenters. The first-order chi connectivity index (χ1) is 11.2. The molecule has 1 N–H and O–H groups in total. The van der Waals surface area contributed by atoms with Gasteiger partial charge in [-0.1, -0.05) is 32.8 Å². The van der Waals surface area contributed by atoms with E-state index in [2.05, 4.69) is 19.2 Å². The number of nitrogens with one attached hydrogen (secondary N) is 1. The number of benzene rings is 1. The lowest BCUT2D eigenvalue weighted by Crippen LogP contribution is -2.34. The second-order valence-corrected chi connectivity index (χ2v) is 6.33. The molecule has 23 heavy (non-hydrogen) atoms. The number of amides is 2. The Morgan fingerprint density at radius 1 is 1.09 bits per heavy atom. The van der Waals surface area contributed by atoms with Crippen LogP contribution in [-0.4, -0.2) is 35.8 Å². The zero-order chi connectivity index (χ0) is 16.7. The lowest BCUT2D eigenvalue weighted by molar-refractivity contribution is 0.0755. The molecule has 0 bridgehead atoms. The summed E-state index contributed by atoms with van der Waals surface area (Å²) >= 11 is 0. The van der Waals surface area contributed by atoms with Gasteiger partial charge >= 0.3 is 0 Å². The summed E-state index contributed by atoms with van der Waals surface area (Å²) in [6, 6.07) is 7.40. The zero-order valence-corrected chi connectivity index (χ0v) is 14.3. The predicted molar refractivity (Wildman–Crippen MR) is 92.6 cm³/mol. The summed E-state index contributed by atoms with van der Waals surface area (Å²) in [5, 5.41) is 3.08. The molecule has 0 atom stereocenters. The second kappa shape index (κ2) is 8.70. The quantitative estimate of drug-likeness (QED) is 0.835. The monoisotopic (exact) mass is 316 g/mol. The number of carbonyl (C=O) groups is 2. The molecule has 1 saturated carbocycles. The number of rotatable bonds is 7. The van der Waals surface area contributed by atoms with Crippen LogP contribution in [0.15, 0.2) is 24.3 Å². The minimum atomic E-state index is -0.0657. The third-order valence-corrected chi connectivity index (χ3v) is 4.34. The first-order valence-corrected chi connectivity index (χ1v) is 8.86. The molecule has 0 aliphatic heterocycles. The molecule has 1 aliphatic rings. The summed E-state index contributed by atoms with van der Waals surface area (Å²) in [4.78, 5) is 26.9. The van der Waals surface area contributed by atoms with E-state index in [0.717, 1.165) is 38.8 Å². The van der Waals surface area contributed by atoms with Gasteiger partial charge in [-0.3, -0.25) is 9.59 Å². The molecule has 0 spiro atoms. The molecule has 126 valence electrons. The Hall–Kier alpha value is -1.84. The van der Waals surface area contributed by atoms with Crippen LogP contribution in [0.5, 0.6) is 0 Å². The molecule has 0 heterocycles. The van der Waals surface area contributed by atoms with Crippen LogP contribution in [0.2, 0.25) is 0 Å². The lowest BCUT2D eigenvalue weighted by Gasteiger charge is -2.21. The highest BCUT2D eigenvalue weighted by Gasteiger charge is 2.19. The van der Waals surface area contributed by atoms with Crippen LogP contribution in [0, 0.1) is 0 Å². The Balaban J connectivity index is 2.08. The van der Waals surface area contributed by atoms with Crippen molar-refractivity contribution in [3.8, 4) is 0 Å². The molecular formula is C19H28N2O2. The fourth-order valence-corrected chi connectivity index (χ4v) is 3.17. The van der Waals surface area contributed by atoms with E-state index in [9.17, 15) is 9.59 Å². The molecule has 1 aromatic carbocycles. The maximum absolute atomic E-state index is 12.6. The van der Waals surface area contributed by atoms with E-state index in [0.29, 0.717) is 17.2 Å². The summed E-state index contributed by atoms with van der Waals surface area (Å²) < 4.78 is 0. The Bertz CT molecular complexity index is 530. The van der Waals surface area contributed by atoms with Crippen LogP contribution in [-0.2, 0) is 0 Å². The van der Waals surface area contributed by atoms with Gasteiger partial charge in [-0.25, -0.2) is 0 Å². The topological polar surface area (TPSA) is 49.4 Å². The summed E-state index contributed by atoms with van der Waals surface area (Å²) in [5.74, 6) is -0.0479. The molecule has 4 nitrogen and oxygen atoms in total. The molecule has 1 aromatic rings.